The largest absolute Gasteiger partial charge is 0.507 e. The number of hydrogen-bond acceptors (Lipinski definition) is 6. The molecule has 0 saturated carbocycles. The summed E-state index contributed by atoms with van der Waals surface area (Å²) in [5, 5.41) is 23.8. The number of hydrogen-bond donors (Lipinski definition) is 2. The van der Waals surface area contributed by atoms with E-state index in [2.05, 4.69) is 86.6 Å². The number of rotatable bonds is 12. The second-order valence-electron chi connectivity index (χ2n) is 16.1. The minimum Gasteiger partial charge on any atom is -0.507 e. The van der Waals surface area contributed by atoms with Gasteiger partial charge in [0.1, 0.15) is 11.5 Å². The molecule has 0 fully saturated rings. The SMILES string of the molecule is CC(C)CC(C)Cc1cc(Sc2ccccc2)c2c(c1O)C(=O)c1c(Sc3ccc(C(C)(C)C)cc3)cc(CC(C)CC(C)C)c(O)c1C2=O. The van der Waals surface area contributed by atoms with Crippen LogP contribution in [0.25, 0.3) is 0 Å². The Morgan fingerprint density at radius 3 is 1.36 bits per heavy atom. The van der Waals surface area contributed by atoms with Gasteiger partial charge in [-0.25, -0.2) is 0 Å². The summed E-state index contributed by atoms with van der Waals surface area (Å²) in [4.78, 5) is 32.8. The summed E-state index contributed by atoms with van der Waals surface area (Å²) < 4.78 is 0. The fourth-order valence-corrected chi connectivity index (χ4v) is 9.38. The van der Waals surface area contributed by atoms with Gasteiger partial charge >= 0.3 is 0 Å². The van der Waals surface area contributed by atoms with Crippen molar-refractivity contribution in [3.8, 4) is 11.5 Å². The first-order valence-electron chi connectivity index (χ1n) is 17.9. The Kier molecular flexibility index (Phi) is 11.6. The van der Waals surface area contributed by atoms with Gasteiger partial charge in [-0.05, 0) is 108 Å². The lowest BCUT2D eigenvalue weighted by Gasteiger charge is -2.27. The first kappa shape index (κ1) is 37.8. The smallest absolute Gasteiger partial charge is 0.199 e. The van der Waals surface area contributed by atoms with Gasteiger partial charge in [-0.1, -0.05) is 116 Å². The van der Waals surface area contributed by atoms with Gasteiger partial charge in [-0.3, -0.25) is 9.59 Å². The number of aromatic hydroxyl groups is 2. The highest BCUT2D eigenvalue weighted by molar-refractivity contribution is 7.99. The number of ketones is 2. The standard InChI is InChI=1S/C44H52O4S2/c1-25(2)19-27(5)21-29-23-34(49-32-13-11-10-12-14-32)36-38(40(29)45)43(48)37-35(50-33-17-15-31(16-18-33)44(7,8)9)24-30(22-28(6)20-26(3)4)41(46)39(37)42(36)47/h10-18,23-28,45-46H,19-22H2,1-9H3. The van der Waals surface area contributed by atoms with E-state index in [4.69, 9.17) is 0 Å². The molecule has 0 amide bonds. The fourth-order valence-electron chi connectivity index (χ4n) is 7.31. The van der Waals surface area contributed by atoms with Gasteiger partial charge in [0, 0.05) is 19.6 Å². The summed E-state index contributed by atoms with van der Waals surface area (Å²) in [6, 6.07) is 21.9. The number of phenolic OH excluding ortho intramolecular Hbond substituents is 2. The lowest BCUT2D eigenvalue weighted by molar-refractivity contribution is 0.0969. The molecule has 4 aromatic carbocycles. The van der Waals surface area contributed by atoms with E-state index >= 15 is 0 Å². The first-order valence-corrected chi connectivity index (χ1v) is 19.6. The van der Waals surface area contributed by atoms with Crippen LogP contribution in [0, 0.1) is 23.7 Å². The van der Waals surface area contributed by atoms with Crippen molar-refractivity contribution in [3.63, 3.8) is 0 Å². The quantitative estimate of drug-likeness (QED) is 0.134. The van der Waals surface area contributed by atoms with Gasteiger partial charge in [0.25, 0.3) is 0 Å². The van der Waals surface area contributed by atoms with Crippen LogP contribution < -0.4 is 0 Å². The van der Waals surface area contributed by atoms with Crippen LogP contribution in [0.5, 0.6) is 11.5 Å². The van der Waals surface area contributed by atoms with Crippen molar-refractivity contribution in [2.45, 2.75) is 113 Å². The topological polar surface area (TPSA) is 74.6 Å². The summed E-state index contributed by atoms with van der Waals surface area (Å²) in [6.45, 7) is 19.6. The molecular weight excluding hydrogens is 657 g/mol. The van der Waals surface area contributed by atoms with Gasteiger partial charge in [0.2, 0.25) is 0 Å². The Labute approximate surface area is 307 Å². The molecule has 5 rings (SSSR count). The summed E-state index contributed by atoms with van der Waals surface area (Å²) in [5.74, 6) is 0.374. The predicted molar refractivity (Wildman–Crippen MR) is 208 cm³/mol. The van der Waals surface area contributed by atoms with E-state index in [1.165, 1.54) is 29.1 Å². The molecule has 0 aromatic heterocycles. The van der Waals surface area contributed by atoms with Crippen molar-refractivity contribution >= 4 is 35.1 Å². The van der Waals surface area contributed by atoms with Crippen LogP contribution in [0.15, 0.2) is 86.3 Å². The highest BCUT2D eigenvalue weighted by atomic mass is 32.2. The maximum Gasteiger partial charge on any atom is 0.199 e. The van der Waals surface area contributed by atoms with E-state index < -0.39 is 11.6 Å². The van der Waals surface area contributed by atoms with Crippen molar-refractivity contribution in [2.75, 3.05) is 0 Å². The van der Waals surface area contributed by atoms with Crippen molar-refractivity contribution in [2.24, 2.45) is 23.7 Å². The molecule has 2 atom stereocenters. The third-order valence-electron chi connectivity index (χ3n) is 9.40. The van der Waals surface area contributed by atoms with Crippen LogP contribution in [0.1, 0.15) is 124 Å². The summed E-state index contributed by atoms with van der Waals surface area (Å²) >= 11 is 2.84. The van der Waals surface area contributed by atoms with Crippen LogP contribution in [-0.4, -0.2) is 21.8 Å². The predicted octanol–water partition coefficient (Wildman–Crippen LogP) is 11.9. The average molecular weight is 709 g/mol. The molecule has 4 nitrogen and oxygen atoms in total. The number of carbonyl (C=O) groups excluding carboxylic acids is 2. The van der Waals surface area contributed by atoms with E-state index in [0.717, 1.165) is 22.6 Å². The maximum absolute atomic E-state index is 14.9. The van der Waals surface area contributed by atoms with E-state index in [1.54, 1.807) is 0 Å². The summed E-state index contributed by atoms with van der Waals surface area (Å²) in [6.07, 6.45) is 3.08. The molecule has 0 saturated heterocycles. The van der Waals surface area contributed by atoms with Crippen LogP contribution >= 0.6 is 23.5 Å². The Morgan fingerprint density at radius 1 is 0.580 bits per heavy atom. The molecule has 0 spiro atoms. The molecule has 1 aliphatic carbocycles. The first-order chi connectivity index (χ1) is 23.5. The van der Waals surface area contributed by atoms with Crippen LogP contribution in [-0.2, 0) is 18.3 Å². The van der Waals surface area contributed by atoms with Gasteiger partial charge < -0.3 is 10.2 Å². The van der Waals surface area contributed by atoms with E-state index in [9.17, 15) is 19.8 Å². The lowest BCUT2D eigenvalue weighted by atomic mass is 9.79. The Morgan fingerprint density at radius 2 is 0.980 bits per heavy atom. The number of carbonyl (C=O) groups is 2. The number of fused-ring (bicyclic) bond motifs is 2. The zero-order valence-electron chi connectivity index (χ0n) is 31.0. The summed E-state index contributed by atoms with van der Waals surface area (Å²) in [7, 11) is 0. The molecule has 264 valence electrons. The molecule has 0 radical (unpaired) electrons. The minimum atomic E-state index is -0.425. The Balaban J connectivity index is 1.71. The minimum absolute atomic E-state index is 0.00984. The highest BCUT2D eigenvalue weighted by Gasteiger charge is 2.40. The van der Waals surface area contributed by atoms with Crippen molar-refractivity contribution in [1.82, 2.24) is 0 Å². The van der Waals surface area contributed by atoms with E-state index in [0.29, 0.717) is 45.6 Å². The Bertz CT molecular complexity index is 1870. The molecule has 0 heterocycles. The van der Waals surface area contributed by atoms with Crippen molar-refractivity contribution < 1.29 is 19.8 Å². The summed E-state index contributed by atoms with van der Waals surface area (Å²) in [5.41, 5.74) is 2.94. The van der Waals surface area contributed by atoms with Crippen LogP contribution in [0.3, 0.4) is 0 Å². The third kappa shape index (κ3) is 8.35. The highest BCUT2D eigenvalue weighted by Crippen LogP contribution is 2.49. The fraction of sp³-hybridized carbons (Fsp3) is 0.409. The Hall–Kier alpha value is -3.48. The zero-order valence-corrected chi connectivity index (χ0v) is 32.6. The monoisotopic (exact) mass is 708 g/mol. The molecule has 4 aromatic rings. The average Bonchev–Trinajstić information content (AvgIpc) is 3.02. The number of phenols is 2. The van der Waals surface area contributed by atoms with Gasteiger partial charge in [-0.2, -0.15) is 0 Å². The molecule has 50 heavy (non-hydrogen) atoms. The van der Waals surface area contributed by atoms with E-state index in [1.807, 2.05) is 42.5 Å². The van der Waals surface area contributed by atoms with Crippen molar-refractivity contribution in [3.05, 3.63) is 106 Å². The van der Waals surface area contributed by atoms with Gasteiger partial charge in [-0.15, -0.1) is 0 Å². The van der Waals surface area contributed by atoms with Gasteiger partial charge in [0.05, 0.1) is 22.3 Å². The van der Waals surface area contributed by atoms with Crippen LogP contribution in [0.2, 0.25) is 0 Å². The molecule has 2 unspecified atom stereocenters. The third-order valence-corrected chi connectivity index (χ3v) is 11.5. The van der Waals surface area contributed by atoms with Gasteiger partial charge in [0.15, 0.2) is 11.6 Å². The molecule has 6 heteroatoms. The second kappa shape index (κ2) is 15.4. The molecule has 0 bridgehead atoms. The zero-order chi connectivity index (χ0) is 36.5. The molecule has 2 N–H and O–H groups in total. The molecular formula is C44H52O4S2. The second-order valence-corrected chi connectivity index (χ2v) is 18.3. The van der Waals surface area contributed by atoms with Crippen molar-refractivity contribution in [1.29, 1.82) is 0 Å². The van der Waals surface area contributed by atoms with E-state index in [-0.39, 0.29) is 51.0 Å². The maximum atomic E-state index is 14.9. The number of benzene rings is 4. The van der Waals surface area contributed by atoms with Crippen LogP contribution in [0.4, 0.5) is 0 Å². The normalized spacial score (nSPS) is 14.2. The molecule has 1 aliphatic rings. The molecule has 0 aliphatic heterocycles. The lowest BCUT2D eigenvalue weighted by Crippen LogP contribution is -2.24.